The summed E-state index contributed by atoms with van der Waals surface area (Å²) in [5, 5.41) is 8.47. The molecule has 4 heteroatoms. The van der Waals surface area contributed by atoms with Crippen molar-refractivity contribution in [3.63, 3.8) is 0 Å². The van der Waals surface area contributed by atoms with Crippen molar-refractivity contribution in [3.8, 4) is 0 Å². The van der Waals surface area contributed by atoms with Crippen molar-refractivity contribution in [1.29, 1.82) is 0 Å². The normalized spacial score (nSPS) is 27.6. The predicted molar refractivity (Wildman–Crippen MR) is 32.7 cm³/mol. The molecular weight excluding hydrogens is 140 g/mol. The summed E-state index contributed by atoms with van der Waals surface area (Å²) in [6.45, 7) is -0.194. The van der Waals surface area contributed by atoms with Gasteiger partial charge in [0, 0.05) is 18.9 Å². The first-order valence-electron chi connectivity index (χ1n) is 3.29. The van der Waals surface area contributed by atoms with Gasteiger partial charge in [0.05, 0.1) is 6.61 Å². The van der Waals surface area contributed by atoms with E-state index >= 15 is 0 Å². The predicted octanol–water partition coefficient (Wildman–Crippen LogP) is 0.351. The second-order valence-corrected chi connectivity index (χ2v) is 2.87. The first-order chi connectivity index (χ1) is 4.55. The third-order valence-corrected chi connectivity index (χ3v) is 1.94. The minimum Gasteiger partial charge on any atom is -0.395 e. The number of hydrogen-bond donors (Lipinski definition) is 2. The summed E-state index contributed by atoms with van der Waals surface area (Å²) in [5.41, 5.74) is 5.32. The van der Waals surface area contributed by atoms with Crippen LogP contribution in [0, 0.1) is 5.92 Å². The molecule has 10 heavy (non-hydrogen) atoms. The lowest BCUT2D eigenvalue weighted by molar-refractivity contribution is -0.119. The summed E-state index contributed by atoms with van der Waals surface area (Å²) in [5.74, 6) is -2.70. The van der Waals surface area contributed by atoms with Crippen molar-refractivity contribution in [2.75, 3.05) is 6.61 Å². The fourth-order valence-corrected chi connectivity index (χ4v) is 1.16. The Kier molecular flexibility index (Phi) is 1.92. The molecule has 60 valence electrons. The second-order valence-electron chi connectivity index (χ2n) is 2.87. The van der Waals surface area contributed by atoms with E-state index in [1.165, 1.54) is 0 Å². The highest BCUT2D eigenvalue weighted by atomic mass is 19.3. The monoisotopic (exact) mass is 151 g/mol. The molecule has 1 fully saturated rings. The summed E-state index contributed by atoms with van der Waals surface area (Å²) < 4.78 is 24.3. The van der Waals surface area contributed by atoms with Crippen molar-refractivity contribution < 1.29 is 13.9 Å². The van der Waals surface area contributed by atoms with Crippen molar-refractivity contribution in [1.82, 2.24) is 0 Å². The maximum Gasteiger partial charge on any atom is 0.248 e. The highest BCUT2D eigenvalue weighted by molar-refractivity contribution is 4.91. The number of nitrogens with two attached hydrogens (primary N) is 1. The van der Waals surface area contributed by atoms with E-state index in [9.17, 15) is 8.78 Å². The SMILES string of the molecule is NC(CO)C1CC(F)(F)C1. The van der Waals surface area contributed by atoms with E-state index in [-0.39, 0.29) is 25.4 Å². The Hall–Kier alpha value is -0.220. The minimum absolute atomic E-state index is 0.158. The second kappa shape index (κ2) is 2.43. The Morgan fingerprint density at radius 3 is 2.40 bits per heavy atom. The van der Waals surface area contributed by atoms with Gasteiger partial charge in [0.25, 0.3) is 0 Å². The number of aliphatic hydroxyl groups excluding tert-OH is 1. The van der Waals surface area contributed by atoms with E-state index in [4.69, 9.17) is 10.8 Å². The number of aliphatic hydroxyl groups is 1. The molecule has 1 rings (SSSR count). The molecule has 1 aliphatic rings. The molecule has 0 aliphatic heterocycles. The van der Waals surface area contributed by atoms with E-state index in [1.54, 1.807) is 0 Å². The molecule has 0 bridgehead atoms. The van der Waals surface area contributed by atoms with Gasteiger partial charge in [-0.1, -0.05) is 0 Å². The fraction of sp³-hybridized carbons (Fsp3) is 1.00. The Morgan fingerprint density at radius 1 is 1.60 bits per heavy atom. The lowest BCUT2D eigenvalue weighted by Crippen LogP contribution is -2.47. The molecule has 0 aromatic heterocycles. The summed E-state index contributed by atoms with van der Waals surface area (Å²) in [7, 11) is 0. The third-order valence-electron chi connectivity index (χ3n) is 1.94. The van der Waals surface area contributed by atoms with Crippen molar-refractivity contribution >= 4 is 0 Å². The van der Waals surface area contributed by atoms with E-state index in [2.05, 4.69) is 0 Å². The molecule has 2 nitrogen and oxygen atoms in total. The summed E-state index contributed by atoms with van der Waals surface area (Å²) in [6.07, 6.45) is -0.316. The van der Waals surface area contributed by atoms with Gasteiger partial charge in [0.2, 0.25) is 5.92 Å². The highest BCUT2D eigenvalue weighted by Crippen LogP contribution is 2.43. The van der Waals surface area contributed by atoms with Crippen molar-refractivity contribution in [3.05, 3.63) is 0 Å². The molecule has 0 amide bonds. The van der Waals surface area contributed by atoms with Crippen LogP contribution in [0.5, 0.6) is 0 Å². The average Bonchev–Trinajstić information content (AvgIpc) is 1.81. The van der Waals surface area contributed by atoms with Crippen LogP contribution in [-0.4, -0.2) is 23.7 Å². The number of alkyl halides is 2. The van der Waals surface area contributed by atoms with Crippen molar-refractivity contribution in [2.45, 2.75) is 24.8 Å². The van der Waals surface area contributed by atoms with Gasteiger partial charge >= 0.3 is 0 Å². The first-order valence-corrected chi connectivity index (χ1v) is 3.29. The van der Waals surface area contributed by atoms with Crippen molar-refractivity contribution in [2.24, 2.45) is 11.7 Å². The van der Waals surface area contributed by atoms with Crippen LogP contribution < -0.4 is 5.73 Å². The Bertz CT molecular complexity index is 121. The third kappa shape index (κ3) is 1.44. The van der Waals surface area contributed by atoms with Crippen LogP contribution in [0.25, 0.3) is 0 Å². The van der Waals surface area contributed by atoms with Gasteiger partial charge in [-0.25, -0.2) is 8.78 Å². The molecule has 0 spiro atoms. The van der Waals surface area contributed by atoms with Gasteiger partial charge in [0.15, 0.2) is 0 Å². The van der Waals surface area contributed by atoms with Gasteiger partial charge in [-0.05, 0) is 5.92 Å². The van der Waals surface area contributed by atoms with Gasteiger partial charge in [-0.15, -0.1) is 0 Å². The molecule has 1 saturated carbocycles. The summed E-state index contributed by atoms with van der Waals surface area (Å²) in [6, 6.07) is -0.459. The van der Waals surface area contributed by atoms with Gasteiger partial charge in [0.1, 0.15) is 0 Å². The fourth-order valence-electron chi connectivity index (χ4n) is 1.16. The maximum absolute atomic E-state index is 12.1. The molecular formula is C6H11F2NO. The summed E-state index contributed by atoms with van der Waals surface area (Å²) in [4.78, 5) is 0. The zero-order chi connectivity index (χ0) is 7.78. The highest BCUT2D eigenvalue weighted by Gasteiger charge is 2.47. The minimum atomic E-state index is -2.52. The van der Waals surface area contributed by atoms with Crippen LogP contribution >= 0.6 is 0 Å². The maximum atomic E-state index is 12.1. The Labute approximate surface area is 58.0 Å². The molecule has 1 aliphatic carbocycles. The van der Waals surface area contributed by atoms with Crippen LogP contribution in [0.15, 0.2) is 0 Å². The smallest absolute Gasteiger partial charge is 0.248 e. The van der Waals surface area contributed by atoms with Gasteiger partial charge in [-0.2, -0.15) is 0 Å². The molecule has 0 aromatic carbocycles. The van der Waals surface area contributed by atoms with E-state index in [0.29, 0.717) is 0 Å². The van der Waals surface area contributed by atoms with E-state index in [1.807, 2.05) is 0 Å². The largest absolute Gasteiger partial charge is 0.395 e. The number of hydrogen-bond acceptors (Lipinski definition) is 2. The zero-order valence-corrected chi connectivity index (χ0v) is 5.56. The van der Waals surface area contributed by atoms with Crippen LogP contribution in [0.4, 0.5) is 8.78 Å². The number of halogens is 2. The van der Waals surface area contributed by atoms with Crippen LogP contribution in [0.3, 0.4) is 0 Å². The van der Waals surface area contributed by atoms with Gasteiger partial charge in [-0.3, -0.25) is 0 Å². The molecule has 0 aromatic rings. The molecule has 0 saturated heterocycles. The molecule has 0 heterocycles. The molecule has 1 atom stereocenters. The Balaban J connectivity index is 2.26. The van der Waals surface area contributed by atoms with Gasteiger partial charge < -0.3 is 10.8 Å². The molecule has 1 unspecified atom stereocenters. The Morgan fingerprint density at radius 2 is 2.10 bits per heavy atom. The molecule has 3 N–H and O–H groups in total. The van der Waals surface area contributed by atoms with E-state index < -0.39 is 12.0 Å². The van der Waals surface area contributed by atoms with Crippen LogP contribution in [-0.2, 0) is 0 Å². The average molecular weight is 151 g/mol. The topological polar surface area (TPSA) is 46.2 Å². The number of rotatable bonds is 2. The van der Waals surface area contributed by atoms with Crippen LogP contribution in [0.1, 0.15) is 12.8 Å². The zero-order valence-electron chi connectivity index (χ0n) is 5.56. The first kappa shape index (κ1) is 7.88. The standard InChI is InChI=1S/C6H11F2NO/c7-6(8)1-4(2-6)5(9)3-10/h4-5,10H,1-3,9H2. The molecule has 0 radical (unpaired) electrons. The lowest BCUT2D eigenvalue weighted by atomic mass is 9.77. The summed E-state index contributed by atoms with van der Waals surface area (Å²) >= 11 is 0. The van der Waals surface area contributed by atoms with Crippen LogP contribution in [0.2, 0.25) is 0 Å². The quantitative estimate of drug-likeness (QED) is 0.598. The van der Waals surface area contributed by atoms with E-state index in [0.717, 1.165) is 0 Å². The lowest BCUT2D eigenvalue weighted by Gasteiger charge is -2.37.